The summed E-state index contributed by atoms with van der Waals surface area (Å²) in [6, 6.07) is 1.88. The molecule has 0 spiro atoms. The van der Waals surface area contributed by atoms with E-state index in [4.69, 9.17) is 9.97 Å². The number of benzene rings is 1. The summed E-state index contributed by atoms with van der Waals surface area (Å²) < 4.78 is 2.15. The number of fused-ring (bicyclic) bond motifs is 2. The van der Waals surface area contributed by atoms with E-state index in [1.807, 2.05) is 11.8 Å². The van der Waals surface area contributed by atoms with Gasteiger partial charge in [0.2, 0.25) is 11.8 Å². The number of aryl methyl sites for hydroxylation is 1. The Morgan fingerprint density at radius 2 is 1.84 bits per heavy atom. The van der Waals surface area contributed by atoms with E-state index in [2.05, 4.69) is 22.0 Å². The van der Waals surface area contributed by atoms with Crippen LogP contribution in [0.1, 0.15) is 37.7 Å². The molecule has 1 atom stereocenters. The molecule has 164 valence electrons. The molecule has 8 nitrogen and oxygen atoms in total. The summed E-state index contributed by atoms with van der Waals surface area (Å²) >= 11 is 3.13. The van der Waals surface area contributed by atoms with Crippen LogP contribution in [-0.2, 0) is 9.59 Å². The minimum Gasteiger partial charge on any atom is -0.354 e. The van der Waals surface area contributed by atoms with Crippen LogP contribution in [0.4, 0.5) is 10.3 Å². The van der Waals surface area contributed by atoms with Crippen LogP contribution < -0.4 is 16.0 Å². The van der Waals surface area contributed by atoms with Gasteiger partial charge in [0, 0.05) is 25.2 Å². The lowest BCUT2D eigenvalue weighted by Crippen LogP contribution is -2.37. The first-order chi connectivity index (χ1) is 15.1. The number of hydrogen-bond acceptors (Lipinski definition) is 8. The molecule has 2 aliphatic heterocycles. The maximum atomic E-state index is 12.3. The fourth-order valence-corrected chi connectivity index (χ4v) is 6.28. The van der Waals surface area contributed by atoms with Crippen molar-refractivity contribution in [3.05, 3.63) is 11.6 Å². The minimum atomic E-state index is -0.230. The number of amides is 2. The number of hydrogen-bond donors (Lipinski definition) is 3. The molecule has 0 bridgehead atoms. The van der Waals surface area contributed by atoms with E-state index in [1.54, 1.807) is 22.7 Å². The van der Waals surface area contributed by atoms with Crippen LogP contribution in [-0.4, -0.2) is 58.9 Å². The van der Waals surface area contributed by atoms with Gasteiger partial charge in [0.25, 0.3) is 0 Å². The molecular weight excluding hydrogens is 432 g/mol. The first-order valence-corrected chi connectivity index (χ1v) is 12.5. The molecule has 3 N–H and O–H groups in total. The third-order valence-corrected chi connectivity index (χ3v) is 7.86. The number of carbonyl (C=O) groups is 2. The zero-order chi connectivity index (χ0) is 21.4. The summed E-state index contributed by atoms with van der Waals surface area (Å²) in [5.41, 5.74) is 2.86. The van der Waals surface area contributed by atoms with Crippen LogP contribution in [0, 0.1) is 6.92 Å². The first kappa shape index (κ1) is 20.4. The van der Waals surface area contributed by atoms with E-state index < -0.39 is 0 Å². The van der Waals surface area contributed by atoms with Crippen LogP contribution in [0.5, 0.6) is 0 Å². The van der Waals surface area contributed by atoms with E-state index in [0.29, 0.717) is 0 Å². The van der Waals surface area contributed by atoms with Crippen molar-refractivity contribution in [1.82, 2.24) is 20.2 Å². The largest absolute Gasteiger partial charge is 0.354 e. The summed E-state index contributed by atoms with van der Waals surface area (Å²) in [6.07, 6.45) is 5.06. The van der Waals surface area contributed by atoms with Crippen molar-refractivity contribution in [2.45, 2.75) is 45.1 Å². The third-order valence-electron chi connectivity index (χ3n) is 5.96. The second kappa shape index (κ2) is 8.58. The summed E-state index contributed by atoms with van der Waals surface area (Å²) in [7, 11) is 0. The van der Waals surface area contributed by atoms with E-state index in [-0.39, 0.29) is 24.4 Å². The van der Waals surface area contributed by atoms with Crippen molar-refractivity contribution in [1.29, 1.82) is 0 Å². The van der Waals surface area contributed by atoms with Crippen molar-refractivity contribution >= 4 is 65.2 Å². The topological polar surface area (TPSA) is 99.3 Å². The van der Waals surface area contributed by atoms with Crippen molar-refractivity contribution in [3.63, 3.8) is 0 Å². The Bertz CT molecular complexity index is 1130. The van der Waals surface area contributed by atoms with Gasteiger partial charge in [0.05, 0.1) is 27.0 Å². The zero-order valence-electron chi connectivity index (χ0n) is 17.5. The van der Waals surface area contributed by atoms with E-state index in [9.17, 15) is 9.59 Å². The van der Waals surface area contributed by atoms with Gasteiger partial charge in [-0.1, -0.05) is 22.7 Å². The summed E-state index contributed by atoms with van der Waals surface area (Å²) in [6.45, 7) is 4.78. The Labute approximate surface area is 188 Å². The fraction of sp³-hybridized carbons (Fsp3) is 0.524. The molecule has 1 aromatic carbocycles. The van der Waals surface area contributed by atoms with Crippen LogP contribution in [0.25, 0.3) is 20.4 Å². The molecule has 2 saturated heterocycles. The van der Waals surface area contributed by atoms with Gasteiger partial charge in [-0.15, -0.1) is 0 Å². The lowest BCUT2D eigenvalue weighted by molar-refractivity contribution is -0.128. The van der Waals surface area contributed by atoms with E-state index >= 15 is 0 Å². The van der Waals surface area contributed by atoms with Crippen molar-refractivity contribution < 1.29 is 9.59 Å². The highest BCUT2D eigenvalue weighted by atomic mass is 32.1. The molecule has 10 heteroatoms. The number of nitrogens with zero attached hydrogens (tertiary/aromatic N) is 3. The number of anilines is 2. The molecular formula is C21H26N6O2S2. The zero-order valence-corrected chi connectivity index (χ0v) is 19.1. The van der Waals surface area contributed by atoms with Crippen LogP contribution in [0.2, 0.25) is 0 Å². The maximum Gasteiger partial charge on any atom is 0.242 e. The Hall–Kier alpha value is -2.46. The SMILES string of the molecule is Cc1c2nc(NCC(=O)N3CCCC3)sc2cc2sc(NC3CCCCNC3=O)nc12. The number of nitrogens with one attached hydrogen (secondary N) is 3. The molecule has 2 aromatic heterocycles. The van der Waals surface area contributed by atoms with Crippen LogP contribution in [0.3, 0.4) is 0 Å². The number of aromatic nitrogens is 2. The molecule has 3 aromatic rings. The van der Waals surface area contributed by atoms with E-state index in [1.165, 1.54) is 0 Å². The summed E-state index contributed by atoms with van der Waals surface area (Å²) in [5.74, 6) is 0.185. The normalized spacial score (nSPS) is 19.6. The minimum absolute atomic E-state index is 0.0512. The van der Waals surface area contributed by atoms with Gasteiger partial charge < -0.3 is 20.9 Å². The third kappa shape index (κ3) is 4.18. The van der Waals surface area contributed by atoms with E-state index in [0.717, 1.165) is 88.0 Å². The van der Waals surface area contributed by atoms with Gasteiger partial charge in [0.15, 0.2) is 10.3 Å². The molecule has 31 heavy (non-hydrogen) atoms. The van der Waals surface area contributed by atoms with Crippen LogP contribution >= 0.6 is 22.7 Å². The molecule has 2 fully saturated rings. The quantitative estimate of drug-likeness (QED) is 0.542. The molecule has 2 amide bonds. The highest BCUT2D eigenvalue weighted by Crippen LogP contribution is 2.37. The number of carbonyl (C=O) groups excluding carboxylic acids is 2. The number of likely N-dealkylation sites (tertiary alicyclic amines) is 1. The van der Waals surface area contributed by atoms with Gasteiger partial charge in [0.1, 0.15) is 6.04 Å². The molecule has 2 aliphatic rings. The maximum absolute atomic E-state index is 12.3. The Morgan fingerprint density at radius 3 is 2.61 bits per heavy atom. The van der Waals surface area contributed by atoms with Crippen molar-refractivity contribution in [2.24, 2.45) is 0 Å². The molecule has 1 unspecified atom stereocenters. The van der Waals surface area contributed by atoms with Crippen molar-refractivity contribution in [3.8, 4) is 0 Å². The highest BCUT2D eigenvalue weighted by Gasteiger charge is 2.23. The molecule has 0 radical (unpaired) electrons. The van der Waals surface area contributed by atoms with Gasteiger partial charge in [-0.2, -0.15) is 0 Å². The summed E-state index contributed by atoms with van der Waals surface area (Å²) in [5, 5.41) is 11.0. The highest BCUT2D eigenvalue weighted by molar-refractivity contribution is 7.24. The van der Waals surface area contributed by atoms with Gasteiger partial charge in [-0.3, -0.25) is 9.59 Å². The lowest BCUT2D eigenvalue weighted by atomic mass is 10.1. The van der Waals surface area contributed by atoms with Crippen LogP contribution in [0.15, 0.2) is 6.07 Å². The van der Waals surface area contributed by atoms with Gasteiger partial charge in [-0.05, 0) is 45.1 Å². The predicted octanol–water partition coefficient (Wildman–Crippen LogP) is 3.33. The lowest BCUT2D eigenvalue weighted by Gasteiger charge is -2.14. The average Bonchev–Trinajstić information content (AvgIpc) is 3.48. The molecule has 0 aliphatic carbocycles. The monoisotopic (exact) mass is 458 g/mol. The number of thiazole rings is 2. The Kier molecular flexibility index (Phi) is 5.66. The second-order valence-electron chi connectivity index (χ2n) is 8.16. The van der Waals surface area contributed by atoms with Crippen molar-refractivity contribution in [2.75, 3.05) is 36.8 Å². The molecule has 0 saturated carbocycles. The molecule has 4 heterocycles. The Morgan fingerprint density at radius 1 is 1.13 bits per heavy atom. The smallest absolute Gasteiger partial charge is 0.242 e. The summed E-state index contributed by atoms with van der Waals surface area (Å²) in [4.78, 5) is 35.9. The molecule has 5 rings (SSSR count). The average molecular weight is 459 g/mol. The predicted molar refractivity (Wildman–Crippen MR) is 126 cm³/mol. The standard InChI is InChI=1S/C21H26N6O2S2/c1-12-17-14(30-20(25-17)23-11-16(28)27-8-4-5-9-27)10-15-18(12)26-21(31-15)24-13-6-2-3-7-22-19(13)29/h10,13H,2-9,11H2,1H3,(H,22,29)(H,23,25)(H,24,26). The second-order valence-corrected chi connectivity index (χ2v) is 10.2. The van der Waals surface area contributed by atoms with Gasteiger partial charge in [-0.25, -0.2) is 9.97 Å². The van der Waals surface area contributed by atoms with Gasteiger partial charge >= 0.3 is 0 Å². The Balaban J connectivity index is 1.34. The fourth-order valence-electron chi connectivity index (χ4n) is 4.22. The number of rotatable bonds is 5. The first-order valence-electron chi connectivity index (χ1n) is 10.8.